The van der Waals surface area contributed by atoms with Gasteiger partial charge in [-0.25, -0.2) is 0 Å². The molecule has 0 radical (unpaired) electrons. The second kappa shape index (κ2) is 6.63. The van der Waals surface area contributed by atoms with Gasteiger partial charge in [0.15, 0.2) is 0 Å². The van der Waals surface area contributed by atoms with Crippen molar-refractivity contribution in [2.75, 3.05) is 27.2 Å². The first-order chi connectivity index (χ1) is 10.7. The lowest BCUT2D eigenvalue weighted by atomic mass is 10.0. The number of rotatable bonds is 3. The normalized spacial score (nSPS) is 16.6. The zero-order chi connectivity index (χ0) is 15.5. The SMILES string of the molecule is CN1CCC(N(C)C(=O)c2sccc2-c2ccccc2)CC1. The smallest absolute Gasteiger partial charge is 0.264 e. The van der Waals surface area contributed by atoms with Crippen LogP contribution in [0.2, 0.25) is 0 Å². The van der Waals surface area contributed by atoms with Gasteiger partial charge in [-0.1, -0.05) is 30.3 Å². The Morgan fingerprint density at radius 1 is 1.18 bits per heavy atom. The molecule has 4 heteroatoms. The molecule has 22 heavy (non-hydrogen) atoms. The molecule has 1 saturated heterocycles. The van der Waals surface area contributed by atoms with Crippen molar-refractivity contribution in [3.63, 3.8) is 0 Å². The standard InChI is InChI=1S/C18H22N2OS/c1-19-11-8-15(9-12-19)20(2)18(21)17-16(10-13-22-17)14-6-4-3-5-7-14/h3-7,10,13,15H,8-9,11-12H2,1-2H3. The molecule has 1 fully saturated rings. The Kier molecular flexibility index (Phi) is 4.60. The van der Waals surface area contributed by atoms with Gasteiger partial charge in [-0.3, -0.25) is 4.79 Å². The fraction of sp³-hybridized carbons (Fsp3) is 0.389. The first kappa shape index (κ1) is 15.3. The molecular weight excluding hydrogens is 292 g/mol. The van der Waals surface area contributed by atoms with Crippen molar-refractivity contribution < 1.29 is 4.79 Å². The van der Waals surface area contributed by atoms with Gasteiger partial charge in [-0.2, -0.15) is 0 Å². The molecule has 1 aromatic heterocycles. The van der Waals surface area contributed by atoms with Crippen LogP contribution in [0.1, 0.15) is 22.5 Å². The van der Waals surface area contributed by atoms with E-state index in [2.05, 4.69) is 30.1 Å². The number of carbonyl (C=O) groups excluding carboxylic acids is 1. The molecule has 0 unspecified atom stereocenters. The van der Waals surface area contributed by atoms with Crippen molar-refractivity contribution in [3.05, 3.63) is 46.7 Å². The molecule has 3 rings (SSSR count). The van der Waals surface area contributed by atoms with Crippen molar-refractivity contribution in [2.24, 2.45) is 0 Å². The Bertz CT molecular complexity index is 630. The minimum atomic E-state index is 0.156. The fourth-order valence-corrected chi connectivity index (χ4v) is 3.93. The van der Waals surface area contributed by atoms with E-state index in [1.807, 2.05) is 35.5 Å². The lowest BCUT2D eigenvalue weighted by Gasteiger charge is -2.35. The molecule has 1 amide bonds. The van der Waals surface area contributed by atoms with E-state index in [9.17, 15) is 4.79 Å². The van der Waals surface area contributed by atoms with Gasteiger partial charge in [0.2, 0.25) is 0 Å². The van der Waals surface area contributed by atoms with Gasteiger partial charge in [0.05, 0.1) is 4.88 Å². The lowest BCUT2D eigenvalue weighted by Crippen LogP contribution is -2.44. The van der Waals surface area contributed by atoms with Gasteiger partial charge >= 0.3 is 0 Å². The van der Waals surface area contributed by atoms with Gasteiger partial charge in [-0.05, 0) is 50.0 Å². The maximum Gasteiger partial charge on any atom is 0.264 e. The molecule has 0 spiro atoms. The van der Waals surface area contributed by atoms with Crippen LogP contribution in [0.5, 0.6) is 0 Å². The Balaban J connectivity index is 1.80. The molecule has 1 aromatic carbocycles. The number of hydrogen-bond acceptors (Lipinski definition) is 3. The van der Waals surface area contributed by atoms with Crippen LogP contribution in [0.25, 0.3) is 11.1 Å². The second-order valence-corrected chi connectivity index (χ2v) is 6.90. The topological polar surface area (TPSA) is 23.6 Å². The molecule has 0 saturated carbocycles. The highest BCUT2D eigenvalue weighted by Gasteiger charge is 2.26. The maximum absolute atomic E-state index is 12.9. The third-order valence-electron chi connectivity index (χ3n) is 4.50. The predicted molar refractivity (Wildman–Crippen MR) is 92.4 cm³/mol. The first-order valence-electron chi connectivity index (χ1n) is 7.75. The van der Waals surface area contributed by atoms with E-state index in [1.165, 1.54) is 0 Å². The fourth-order valence-electron chi connectivity index (χ4n) is 3.03. The summed E-state index contributed by atoms with van der Waals surface area (Å²) in [6, 6.07) is 12.6. The van der Waals surface area contributed by atoms with Crippen LogP contribution < -0.4 is 0 Å². The number of thiophene rings is 1. The summed E-state index contributed by atoms with van der Waals surface area (Å²) in [6.07, 6.45) is 2.12. The molecule has 3 nitrogen and oxygen atoms in total. The molecule has 0 aliphatic carbocycles. The molecule has 2 aromatic rings. The third kappa shape index (κ3) is 3.08. The highest BCUT2D eigenvalue weighted by atomic mass is 32.1. The van der Waals surface area contributed by atoms with Crippen LogP contribution in [0.3, 0.4) is 0 Å². The van der Waals surface area contributed by atoms with Crippen LogP contribution in [0, 0.1) is 0 Å². The second-order valence-electron chi connectivity index (χ2n) is 5.98. The van der Waals surface area contributed by atoms with E-state index in [-0.39, 0.29) is 5.91 Å². The van der Waals surface area contributed by atoms with Gasteiger partial charge in [0.1, 0.15) is 0 Å². The predicted octanol–water partition coefficient (Wildman–Crippen LogP) is 3.58. The maximum atomic E-state index is 12.9. The Hall–Kier alpha value is -1.65. The van der Waals surface area contributed by atoms with Gasteiger partial charge in [0.25, 0.3) is 5.91 Å². The number of piperidine rings is 1. The molecule has 1 aliphatic rings. The average molecular weight is 314 g/mol. The van der Waals surface area contributed by atoms with E-state index in [1.54, 1.807) is 11.3 Å². The number of amides is 1. The van der Waals surface area contributed by atoms with Crippen molar-refractivity contribution in [3.8, 4) is 11.1 Å². The number of nitrogens with zero attached hydrogens (tertiary/aromatic N) is 2. The van der Waals surface area contributed by atoms with Crippen LogP contribution in [0.15, 0.2) is 41.8 Å². The van der Waals surface area contributed by atoms with Gasteiger partial charge in [0, 0.05) is 18.7 Å². The number of likely N-dealkylation sites (tertiary alicyclic amines) is 1. The molecule has 0 atom stereocenters. The summed E-state index contributed by atoms with van der Waals surface area (Å²) in [5.41, 5.74) is 2.17. The minimum Gasteiger partial charge on any atom is -0.338 e. The summed E-state index contributed by atoms with van der Waals surface area (Å²) < 4.78 is 0. The highest BCUT2D eigenvalue weighted by molar-refractivity contribution is 7.12. The van der Waals surface area contributed by atoms with E-state index >= 15 is 0 Å². The quantitative estimate of drug-likeness (QED) is 0.864. The highest BCUT2D eigenvalue weighted by Crippen LogP contribution is 2.30. The van der Waals surface area contributed by atoms with Crippen molar-refractivity contribution in [1.82, 2.24) is 9.80 Å². The van der Waals surface area contributed by atoms with E-state index in [4.69, 9.17) is 0 Å². The van der Waals surface area contributed by atoms with E-state index < -0.39 is 0 Å². The lowest BCUT2D eigenvalue weighted by molar-refractivity contribution is 0.0665. The minimum absolute atomic E-state index is 0.156. The Morgan fingerprint density at radius 3 is 2.55 bits per heavy atom. The summed E-state index contributed by atoms with van der Waals surface area (Å²) >= 11 is 1.54. The summed E-state index contributed by atoms with van der Waals surface area (Å²) in [5, 5.41) is 2.01. The van der Waals surface area contributed by atoms with Crippen LogP contribution in [-0.2, 0) is 0 Å². The van der Waals surface area contributed by atoms with Gasteiger partial charge in [-0.15, -0.1) is 11.3 Å². The summed E-state index contributed by atoms with van der Waals surface area (Å²) in [6.45, 7) is 2.14. The Morgan fingerprint density at radius 2 is 1.86 bits per heavy atom. The molecule has 1 aliphatic heterocycles. The zero-order valence-electron chi connectivity index (χ0n) is 13.2. The zero-order valence-corrected chi connectivity index (χ0v) is 14.0. The van der Waals surface area contributed by atoms with Crippen molar-refractivity contribution >= 4 is 17.2 Å². The third-order valence-corrected chi connectivity index (χ3v) is 5.40. The van der Waals surface area contributed by atoms with Crippen molar-refractivity contribution in [2.45, 2.75) is 18.9 Å². The summed E-state index contributed by atoms with van der Waals surface area (Å²) in [4.78, 5) is 18.0. The number of benzene rings is 1. The number of hydrogen-bond donors (Lipinski definition) is 0. The van der Waals surface area contributed by atoms with Crippen LogP contribution >= 0.6 is 11.3 Å². The van der Waals surface area contributed by atoms with Crippen LogP contribution in [0.4, 0.5) is 0 Å². The first-order valence-corrected chi connectivity index (χ1v) is 8.63. The summed E-state index contributed by atoms with van der Waals surface area (Å²) in [5.74, 6) is 0.156. The molecule has 0 N–H and O–H groups in total. The number of carbonyl (C=O) groups is 1. The Labute approximate surface area is 136 Å². The molecule has 0 bridgehead atoms. The van der Waals surface area contributed by atoms with Crippen LogP contribution in [-0.4, -0.2) is 48.9 Å². The monoisotopic (exact) mass is 314 g/mol. The van der Waals surface area contributed by atoms with Crippen molar-refractivity contribution in [1.29, 1.82) is 0 Å². The average Bonchev–Trinajstić information content (AvgIpc) is 3.04. The molecule has 116 valence electrons. The van der Waals surface area contributed by atoms with Gasteiger partial charge < -0.3 is 9.80 Å². The molecule has 2 heterocycles. The largest absolute Gasteiger partial charge is 0.338 e. The molecular formula is C18H22N2OS. The summed E-state index contributed by atoms with van der Waals surface area (Å²) in [7, 11) is 4.09. The van der Waals surface area contributed by atoms with E-state index in [0.717, 1.165) is 41.9 Å². The van der Waals surface area contributed by atoms with E-state index in [0.29, 0.717) is 6.04 Å².